The average molecular weight is 527 g/mol. The molecule has 36 heavy (non-hydrogen) atoms. The number of hydrogen-bond acceptors (Lipinski definition) is 8. The quantitative estimate of drug-likeness (QED) is 0.377. The normalized spacial score (nSPS) is 23.1. The van der Waals surface area contributed by atoms with Crippen molar-refractivity contribution in [3.63, 3.8) is 0 Å². The van der Waals surface area contributed by atoms with Gasteiger partial charge in [-0.25, -0.2) is 19.9 Å². The van der Waals surface area contributed by atoms with Gasteiger partial charge in [0.25, 0.3) is 0 Å². The van der Waals surface area contributed by atoms with Crippen LogP contribution in [0.2, 0.25) is 0 Å². The number of amides is 2. The van der Waals surface area contributed by atoms with Crippen LogP contribution in [0.4, 0.5) is 0 Å². The Kier molecular flexibility index (Phi) is 10.9. The van der Waals surface area contributed by atoms with Crippen LogP contribution in [0.5, 0.6) is 0 Å². The van der Waals surface area contributed by atoms with E-state index in [4.69, 9.17) is 0 Å². The van der Waals surface area contributed by atoms with Crippen molar-refractivity contribution in [3.8, 4) is 0 Å². The van der Waals surface area contributed by atoms with Gasteiger partial charge in [0.1, 0.15) is 0 Å². The number of rotatable bonds is 8. The van der Waals surface area contributed by atoms with Crippen LogP contribution in [0.1, 0.15) is 26.7 Å². The van der Waals surface area contributed by atoms with Crippen LogP contribution < -0.4 is 0 Å². The standard InChI is InChI=1S/2C13H17N3OS/c2*1-3-5-11-8-16(10(2)17)9-12(11)18-13-14-6-4-7-15-13/h2*3-4,6-7,11-12H,1,5,8-9H2,2H3/t2*11-,12-/m10/s1. The minimum absolute atomic E-state index is 0.140. The van der Waals surface area contributed by atoms with Gasteiger partial charge < -0.3 is 9.80 Å². The molecule has 0 radical (unpaired) electrons. The van der Waals surface area contributed by atoms with Crippen LogP contribution in [0.15, 0.2) is 72.5 Å². The summed E-state index contributed by atoms with van der Waals surface area (Å²) in [5.74, 6) is 1.17. The second kappa shape index (κ2) is 14.1. The third kappa shape index (κ3) is 8.16. The van der Waals surface area contributed by atoms with E-state index in [2.05, 4.69) is 33.1 Å². The van der Waals surface area contributed by atoms with E-state index in [0.29, 0.717) is 22.3 Å². The SMILES string of the molecule is C=CC[C@@H]1CN(C(C)=O)C[C@H]1Sc1ncccn1.C=CC[C@H]1CN(C(C)=O)C[C@@H]1Sc1ncccn1. The summed E-state index contributed by atoms with van der Waals surface area (Å²) in [6.07, 6.45) is 12.7. The van der Waals surface area contributed by atoms with Gasteiger partial charge in [-0.2, -0.15) is 0 Å². The fourth-order valence-corrected chi connectivity index (χ4v) is 6.62. The predicted molar refractivity (Wildman–Crippen MR) is 144 cm³/mol. The molecule has 0 saturated carbocycles. The molecule has 2 aromatic rings. The highest BCUT2D eigenvalue weighted by Crippen LogP contribution is 2.34. The van der Waals surface area contributed by atoms with E-state index in [0.717, 1.165) is 49.3 Å². The van der Waals surface area contributed by atoms with Gasteiger partial charge >= 0.3 is 0 Å². The number of likely N-dealkylation sites (tertiary alicyclic amines) is 2. The maximum Gasteiger partial charge on any atom is 0.219 e. The Morgan fingerprint density at radius 3 is 1.44 bits per heavy atom. The Morgan fingerprint density at radius 2 is 1.14 bits per heavy atom. The Bertz CT molecular complexity index is 929. The van der Waals surface area contributed by atoms with E-state index in [1.807, 2.05) is 34.1 Å². The van der Waals surface area contributed by atoms with E-state index < -0.39 is 0 Å². The molecule has 4 heterocycles. The lowest BCUT2D eigenvalue weighted by Crippen LogP contribution is -2.26. The molecule has 10 heteroatoms. The number of carbonyl (C=O) groups excluding carboxylic acids is 2. The third-order valence-electron chi connectivity index (χ3n) is 6.19. The summed E-state index contributed by atoms with van der Waals surface area (Å²) in [5, 5.41) is 2.27. The highest BCUT2D eigenvalue weighted by Gasteiger charge is 2.35. The van der Waals surface area contributed by atoms with Gasteiger partial charge in [0, 0.05) is 75.3 Å². The number of carbonyl (C=O) groups is 2. The molecule has 192 valence electrons. The van der Waals surface area contributed by atoms with E-state index in [-0.39, 0.29) is 11.8 Å². The van der Waals surface area contributed by atoms with Crippen molar-refractivity contribution in [1.82, 2.24) is 29.7 Å². The molecule has 0 unspecified atom stereocenters. The van der Waals surface area contributed by atoms with E-state index >= 15 is 0 Å². The second-order valence-electron chi connectivity index (χ2n) is 8.79. The third-order valence-corrected chi connectivity index (χ3v) is 8.71. The smallest absolute Gasteiger partial charge is 0.219 e. The first kappa shape index (κ1) is 27.9. The van der Waals surface area contributed by atoms with Crippen molar-refractivity contribution in [2.75, 3.05) is 26.2 Å². The Balaban J connectivity index is 0.000000201. The van der Waals surface area contributed by atoms with Crippen molar-refractivity contribution < 1.29 is 9.59 Å². The first-order chi connectivity index (χ1) is 17.4. The summed E-state index contributed by atoms with van der Waals surface area (Å²) in [5.41, 5.74) is 0. The number of nitrogens with zero attached hydrogens (tertiary/aromatic N) is 6. The molecule has 0 spiro atoms. The van der Waals surface area contributed by atoms with Crippen LogP contribution in [-0.4, -0.2) is 78.2 Å². The molecular weight excluding hydrogens is 492 g/mol. The average Bonchev–Trinajstić information content (AvgIpc) is 3.46. The van der Waals surface area contributed by atoms with Gasteiger partial charge in [0.15, 0.2) is 10.3 Å². The zero-order valence-electron chi connectivity index (χ0n) is 20.9. The monoisotopic (exact) mass is 526 g/mol. The molecule has 0 N–H and O–H groups in total. The fourth-order valence-electron chi connectivity index (χ4n) is 4.31. The topological polar surface area (TPSA) is 92.2 Å². The second-order valence-corrected chi connectivity index (χ2v) is 11.2. The number of thioether (sulfide) groups is 2. The van der Waals surface area contributed by atoms with Crippen LogP contribution in [0.25, 0.3) is 0 Å². The maximum atomic E-state index is 11.5. The molecule has 2 fully saturated rings. The van der Waals surface area contributed by atoms with Gasteiger partial charge in [0.2, 0.25) is 11.8 Å². The van der Waals surface area contributed by atoms with Gasteiger partial charge in [-0.15, -0.1) is 13.2 Å². The van der Waals surface area contributed by atoms with E-state index in [1.54, 1.807) is 62.2 Å². The zero-order valence-corrected chi connectivity index (χ0v) is 22.5. The van der Waals surface area contributed by atoms with E-state index in [9.17, 15) is 9.59 Å². The highest BCUT2D eigenvalue weighted by molar-refractivity contribution is 8.00. The van der Waals surface area contributed by atoms with Crippen LogP contribution in [0.3, 0.4) is 0 Å². The molecule has 4 atom stereocenters. The number of allylic oxidation sites excluding steroid dienone is 2. The summed E-state index contributed by atoms with van der Waals surface area (Å²) < 4.78 is 0. The lowest BCUT2D eigenvalue weighted by atomic mass is 10.1. The van der Waals surface area contributed by atoms with Crippen LogP contribution in [-0.2, 0) is 9.59 Å². The molecule has 4 rings (SSSR count). The molecule has 0 aliphatic carbocycles. The summed E-state index contributed by atoms with van der Waals surface area (Å²) in [6, 6.07) is 3.61. The molecule has 2 saturated heterocycles. The Labute approximate surface area is 222 Å². The number of hydrogen-bond donors (Lipinski definition) is 0. The predicted octanol–water partition coefficient (Wildman–Crippen LogP) is 3.98. The summed E-state index contributed by atoms with van der Waals surface area (Å²) in [6.45, 7) is 14.0. The minimum Gasteiger partial charge on any atom is -0.341 e. The molecular formula is C26H34N6O2S2. The van der Waals surface area contributed by atoms with Gasteiger partial charge in [0.05, 0.1) is 0 Å². The van der Waals surface area contributed by atoms with Crippen molar-refractivity contribution in [3.05, 3.63) is 62.2 Å². The van der Waals surface area contributed by atoms with Gasteiger partial charge in [-0.1, -0.05) is 35.7 Å². The van der Waals surface area contributed by atoms with Crippen molar-refractivity contribution in [2.24, 2.45) is 11.8 Å². The highest BCUT2D eigenvalue weighted by atomic mass is 32.2. The summed E-state index contributed by atoms with van der Waals surface area (Å²) in [7, 11) is 0. The van der Waals surface area contributed by atoms with Crippen molar-refractivity contribution in [2.45, 2.75) is 47.5 Å². The minimum atomic E-state index is 0.140. The molecule has 0 bridgehead atoms. The maximum absolute atomic E-state index is 11.5. The zero-order chi connectivity index (χ0) is 25.9. The van der Waals surface area contributed by atoms with E-state index in [1.165, 1.54) is 0 Å². The van der Waals surface area contributed by atoms with Gasteiger partial charge in [-0.05, 0) is 36.8 Å². The molecule has 2 aliphatic heterocycles. The number of aromatic nitrogens is 4. The fraction of sp³-hybridized carbons (Fsp3) is 0.462. The van der Waals surface area contributed by atoms with Crippen molar-refractivity contribution in [1.29, 1.82) is 0 Å². The molecule has 8 nitrogen and oxygen atoms in total. The first-order valence-electron chi connectivity index (χ1n) is 12.0. The summed E-state index contributed by atoms with van der Waals surface area (Å²) in [4.78, 5) is 43.6. The van der Waals surface area contributed by atoms with Crippen molar-refractivity contribution >= 4 is 35.3 Å². The van der Waals surface area contributed by atoms with Gasteiger partial charge in [-0.3, -0.25) is 9.59 Å². The Morgan fingerprint density at radius 1 is 0.778 bits per heavy atom. The lowest BCUT2D eigenvalue weighted by Gasteiger charge is -2.14. The van der Waals surface area contributed by atoms with Crippen LogP contribution >= 0.6 is 23.5 Å². The molecule has 0 aromatic carbocycles. The largest absolute Gasteiger partial charge is 0.341 e. The molecule has 2 amide bonds. The van der Waals surface area contributed by atoms with Crippen LogP contribution in [0, 0.1) is 11.8 Å². The summed E-state index contributed by atoms with van der Waals surface area (Å²) >= 11 is 3.31. The lowest BCUT2D eigenvalue weighted by molar-refractivity contribution is -0.128. The molecule has 2 aliphatic rings. The Hall–Kier alpha value is -2.72. The first-order valence-corrected chi connectivity index (χ1v) is 13.8. The molecule has 2 aromatic heterocycles.